The predicted octanol–water partition coefficient (Wildman–Crippen LogP) is 4.23. The molecule has 2 aromatic carbocycles. The number of ether oxygens (including phenoxy) is 1. The van der Waals surface area contributed by atoms with E-state index in [0.717, 1.165) is 68.1 Å². The molecule has 6 rings (SSSR count). The van der Waals surface area contributed by atoms with E-state index in [9.17, 15) is 9.59 Å². The van der Waals surface area contributed by atoms with Crippen LogP contribution >= 0.6 is 0 Å². The van der Waals surface area contributed by atoms with E-state index in [1.165, 1.54) is 41.5 Å². The SMILES string of the molecule is Cc1c(OC=O)cc(-c2cc3c(cc2C(=O)N2Cc4ccccc4C[C@H]2CN2CCCCC2)CNCC3)n1C. The van der Waals surface area contributed by atoms with Gasteiger partial charge < -0.3 is 24.4 Å². The van der Waals surface area contributed by atoms with Crippen LogP contribution in [0.5, 0.6) is 5.75 Å². The number of hydrogen-bond acceptors (Lipinski definition) is 5. The molecule has 1 aromatic heterocycles. The largest absolute Gasteiger partial charge is 0.427 e. The number of rotatable bonds is 6. The van der Waals surface area contributed by atoms with Crippen LogP contribution in [0.3, 0.4) is 0 Å². The predicted molar refractivity (Wildman–Crippen MR) is 152 cm³/mol. The molecule has 0 unspecified atom stereocenters. The van der Waals surface area contributed by atoms with Crippen LogP contribution in [0.25, 0.3) is 11.3 Å². The molecule has 0 spiro atoms. The second-order valence-corrected chi connectivity index (χ2v) is 11.3. The number of carbonyl (C=O) groups excluding carboxylic acids is 2. The summed E-state index contributed by atoms with van der Waals surface area (Å²) in [6.07, 6.45) is 5.56. The highest BCUT2D eigenvalue weighted by Crippen LogP contribution is 2.36. The topological polar surface area (TPSA) is 66.8 Å². The Kier molecular flexibility index (Phi) is 7.28. The Bertz CT molecular complexity index is 1390. The van der Waals surface area contributed by atoms with Gasteiger partial charge in [0.05, 0.1) is 11.4 Å². The number of hydrogen-bond donors (Lipinski definition) is 1. The highest BCUT2D eigenvalue weighted by molar-refractivity contribution is 6.01. The number of nitrogens with one attached hydrogen (secondary N) is 1. The minimum atomic E-state index is 0.0756. The van der Waals surface area contributed by atoms with Gasteiger partial charge in [0.2, 0.25) is 0 Å². The summed E-state index contributed by atoms with van der Waals surface area (Å²) in [5.74, 6) is 0.599. The van der Waals surface area contributed by atoms with Gasteiger partial charge in [0.15, 0.2) is 5.75 Å². The Morgan fingerprint density at radius 1 is 1.05 bits per heavy atom. The van der Waals surface area contributed by atoms with Gasteiger partial charge in [-0.1, -0.05) is 30.7 Å². The Balaban J connectivity index is 1.43. The van der Waals surface area contributed by atoms with Crippen molar-refractivity contribution in [1.82, 2.24) is 19.7 Å². The van der Waals surface area contributed by atoms with Crippen molar-refractivity contribution in [1.29, 1.82) is 0 Å². The first-order valence-corrected chi connectivity index (χ1v) is 14.3. The molecule has 1 atom stereocenters. The molecule has 0 radical (unpaired) electrons. The lowest BCUT2D eigenvalue weighted by Gasteiger charge is -2.41. The molecular weight excluding hydrogens is 488 g/mol. The van der Waals surface area contributed by atoms with Crippen LogP contribution < -0.4 is 10.1 Å². The van der Waals surface area contributed by atoms with Gasteiger partial charge in [0.25, 0.3) is 12.4 Å². The van der Waals surface area contributed by atoms with Gasteiger partial charge in [-0.2, -0.15) is 0 Å². The molecule has 1 amide bonds. The monoisotopic (exact) mass is 526 g/mol. The quantitative estimate of drug-likeness (QED) is 0.487. The molecular formula is C32H38N4O3. The third kappa shape index (κ3) is 5.01. The minimum absolute atomic E-state index is 0.0756. The van der Waals surface area contributed by atoms with E-state index < -0.39 is 0 Å². The van der Waals surface area contributed by atoms with Crippen molar-refractivity contribution in [2.45, 2.75) is 58.2 Å². The highest BCUT2D eigenvalue weighted by atomic mass is 16.5. The van der Waals surface area contributed by atoms with Crippen LogP contribution in [0.1, 0.15) is 57.6 Å². The molecule has 1 saturated heterocycles. The fourth-order valence-electron chi connectivity index (χ4n) is 6.61. The van der Waals surface area contributed by atoms with E-state index in [2.05, 4.69) is 51.5 Å². The standard InChI is InChI=1S/C32H38N4O3/c1-22-31(39-21-37)17-30(34(22)2)28-15-24-10-11-33-18-26(24)16-29(28)32(38)36-19-25-9-5-4-8-23(25)14-27(36)20-35-12-6-3-7-13-35/h4-5,8-9,15-17,21,27,33H,3,6-7,10-14,18-20H2,1-2H3/t27-/m0/s1. The lowest BCUT2D eigenvalue weighted by Crippen LogP contribution is -2.51. The van der Waals surface area contributed by atoms with Gasteiger partial charge in [-0.3, -0.25) is 9.59 Å². The molecule has 1 N–H and O–H groups in total. The first-order chi connectivity index (χ1) is 19.0. The average Bonchev–Trinajstić information content (AvgIpc) is 3.25. The van der Waals surface area contributed by atoms with E-state index >= 15 is 0 Å². The molecule has 3 aromatic rings. The van der Waals surface area contributed by atoms with Gasteiger partial charge in [0, 0.05) is 49.9 Å². The van der Waals surface area contributed by atoms with Gasteiger partial charge in [-0.25, -0.2) is 0 Å². The van der Waals surface area contributed by atoms with Crippen LogP contribution in [0.2, 0.25) is 0 Å². The average molecular weight is 527 g/mol. The molecule has 4 heterocycles. The Hall–Kier alpha value is -3.42. The normalized spacial score (nSPS) is 19.3. The number of benzene rings is 2. The van der Waals surface area contributed by atoms with E-state index in [1.54, 1.807) is 0 Å². The second-order valence-electron chi connectivity index (χ2n) is 11.3. The summed E-state index contributed by atoms with van der Waals surface area (Å²) >= 11 is 0. The van der Waals surface area contributed by atoms with Gasteiger partial charge in [-0.15, -0.1) is 0 Å². The Labute approximate surface area is 230 Å². The number of piperidine rings is 1. The summed E-state index contributed by atoms with van der Waals surface area (Å²) in [5, 5.41) is 3.47. The van der Waals surface area contributed by atoms with Crippen molar-refractivity contribution >= 4 is 12.4 Å². The van der Waals surface area contributed by atoms with Crippen LogP contribution in [0, 0.1) is 6.92 Å². The van der Waals surface area contributed by atoms with E-state index in [0.29, 0.717) is 18.8 Å². The number of aromatic nitrogens is 1. The molecule has 39 heavy (non-hydrogen) atoms. The van der Waals surface area contributed by atoms with Crippen molar-refractivity contribution in [2.75, 3.05) is 26.2 Å². The fraction of sp³-hybridized carbons (Fsp3) is 0.438. The molecule has 0 aliphatic carbocycles. The maximum Gasteiger partial charge on any atom is 0.298 e. The maximum atomic E-state index is 14.7. The zero-order chi connectivity index (χ0) is 26.9. The molecule has 7 nitrogen and oxygen atoms in total. The second kappa shape index (κ2) is 11.0. The van der Waals surface area contributed by atoms with Crippen molar-refractivity contribution in [3.8, 4) is 17.0 Å². The molecule has 3 aliphatic heterocycles. The third-order valence-corrected chi connectivity index (χ3v) is 8.93. The summed E-state index contributed by atoms with van der Waals surface area (Å²) in [6.45, 7) is 7.83. The number of nitrogens with zero attached hydrogens (tertiary/aromatic N) is 3. The zero-order valence-electron chi connectivity index (χ0n) is 23.0. The maximum absolute atomic E-state index is 14.7. The third-order valence-electron chi connectivity index (χ3n) is 8.93. The number of carbonyl (C=O) groups is 2. The molecule has 7 heteroatoms. The minimum Gasteiger partial charge on any atom is -0.427 e. The van der Waals surface area contributed by atoms with Gasteiger partial charge in [0.1, 0.15) is 0 Å². The summed E-state index contributed by atoms with van der Waals surface area (Å²) in [4.78, 5) is 30.5. The molecule has 0 bridgehead atoms. The number of fused-ring (bicyclic) bond motifs is 2. The first-order valence-electron chi connectivity index (χ1n) is 14.3. The summed E-state index contributed by atoms with van der Waals surface area (Å²) in [6, 6.07) is 14.9. The fourth-order valence-corrected chi connectivity index (χ4v) is 6.61. The number of likely N-dealkylation sites (tertiary alicyclic amines) is 1. The lowest BCUT2D eigenvalue weighted by molar-refractivity contribution is -0.120. The molecule has 204 valence electrons. The van der Waals surface area contributed by atoms with E-state index in [-0.39, 0.29) is 11.9 Å². The van der Waals surface area contributed by atoms with Gasteiger partial charge in [-0.05, 0) is 86.6 Å². The van der Waals surface area contributed by atoms with Crippen LogP contribution in [-0.2, 0) is 37.8 Å². The summed E-state index contributed by atoms with van der Waals surface area (Å²) < 4.78 is 7.30. The van der Waals surface area contributed by atoms with Crippen molar-refractivity contribution in [3.05, 3.63) is 76.0 Å². The van der Waals surface area contributed by atoms with E-state index in [4.69, 9.17) is 4.74 Å². The zero-order valence-corrected chi connectivity index (χ0v) is 23.0. The molecule has 0 saturated carbocycles. The van der Waals surface area contributed by atoms with Crippen LogP contribution in [0.4, 0.5) is 0 Å². The Morgan fingerprint density at radius 2 is 1.85 bits per heavy atom. The van der Waals surface area contributed by atoms with Crippen molar-refractivity contribution < 1.29 is 14.3 Å². The number of amides is 1. The first kappa shape index (κ1) is 25.8. The van der Waals surface area contributed by atoms with E-state index in [1.807, 2.05) is 24.6 Å². The van der Waals surface area contributed by atoms with Crippen LogP contribution in [0.15, 0.2) is 42.5 Å². The summed E-state index contributed by atoms with van der Waals surface area (Å²) in [5.41, 5.74) is 8.41. The Morgan fingerprint density at radius 3 is 2.64 bits per heavy atom. The van der Waals surface area contributed by atoms with Crippen LogP contribution in [-0.4, -0.2) is 59.0 Å². The molecule has 1 fully saturated rings. The van der Waals surface area contributed by atoms with Crippen molar-refractivity contribution in [2.24, 2.45) is 7.05 Å². The van der Waals surface area contributed by atoms with Crippen molar-refractivity contribution in [3.63, 3.8) is 0 Å². The smallest absolute Gasteiger partial charge is 0.298 e. The summed E-state index contributed by atoms with van der Waals surface area (Å²) in [7, 11) is 1.97. The van der Waals surface area contributed by atoms with Gasteiger partial charge >= 0.3 is 0 Å². The lowest BCUT2D eigenvalue weighted by atomic mass is 9.89. The highest BCUT2D eigenvalue weighted by Gasteiger charge is 2.34. The molecule has 3 aliphatic rings.